The van der Waals surface area contributed by atoms with Crippen molar-refractivity contribution in [3.8, 4) is 0 Å². The average Bonchev–Trinajstić information content (AvgIpc) is 2.81. The number of rotatable bonds is 11. The summed E-state index contributed by atoms with van der Waals surface area (Å²) in [5.74, 6) is -0.925. The van der Waals surface area contributed by atoms with E-state index in [2.05, 4.69) is 69.0 Å². The van der Waals surface area contributed by atoms with E-state index in [0.29, 0.717) is 6.61 Å². The Bertz CT molecular complexity index is 947. The first-order valence-electron chi connectivity index (χ1n) is 11.7. The zero-order chi connectivity index (χ0) is 23.8. The predicted octanol–water partition coefficient (Wildman–Crippen LogP) is 6.51. The lowest BCUT2D eigenvalue weighted by Gasteiger charge is -2.49. The molecule has 0 aliphatic carbocycles. The molecule has 3 aromatic rings. The smallest absolute Gasteiger partial charge is 0.335 e. The highest BCUT2D eigenvalue weighted by Crippen LogP contribution is 2.39. The van der Waals surface area contributed by atoms with E-state index < -0.39 is 11.7 Å². The minimum atomic E-state index is -0.925. The third-order valence-electron chi connectivity index (χ3n) is 6.03. The third kappa shape index (κ3) is 6.10. The van der Waals surface area contributed by atoms with Crippen molar-refractivity contribution in [2.45, 2.75) is 65.0 Å². The molecule has 0 amide bonds. The molecule has 1 atom stereocenters. The Kier molecular flexibility index (Phi) is 8.43. The number of carboxylic acids is 1. The Morgan fingerprint density at radius 2 is 1.33 bits per heavy atom. The molecule has 0 saturated heterocycles. The van der Waals surface area contributed by atoms with Crippen LogP contribution in [0.4, 0.5) is 0 Å². The van der Waals surface area contributed by atoms with Gasteiger partial charge in [-0.3, -0.25) is 4.90 Å². The molecule has 0 radical (unpaired) electrons. The van der Waals surface area contributed by atoms with E-state index in [4.69, 9.17) is 4.74 Å². The molecule has 0 aliphatic heterocycles. The number of carbonyl (C=O) groups is 1. The lowest BCUT2D eigenvalue weighted by atomic mass is 9.90. The summed E-state index contributed by atoms with van der Waals surface area (Å²) < 4.78 is 6.89. The second-order valence-corrected chi connectivity index (χ2v) is 9.02. The molecule has 174 valence electrons. The monoisotopic (exact) mass is 445 g/mol. The van der Waals surface area contributed by atoms with E-state index in [1.807, 2.05) is 36.4 Å². The van der Waals surface area contributed by atoms with Crippen molar-refractivity contribution < 1.29 is 14.6 Å². The van der Waals surface area contributed by atoms with Gasteiger partial charge < -0.3 is 9.84 Å². The van der Waals surface area contributed by atoms with Crippen LogP contribution in [0.2, 0.25) is 0 Å². The molecule has 1 N–H and O–H groups in total. The zero-order valence-electron chi connectivity index (χ0n) is 20.1. The fourth-order valence-electron chi connectivity index (χ4n) is 4.69. The van der Waals surface area contributed by atoms with Crippen LogP contribution in [-0.2, 0) is 23.5 Å². The second-order valence-electron chi connectivity index (χ2n) is 9.02. The van der Waals surface area contributed by atoms with Gasteiger partial charge in [0.05, 0.1) is 12.2 Å². The molecule has 3 aromatic carbocycles. The van der Waals surface area contributed by atoms with E-state index in [1.165, 1.54) is 5.56 Å². The van der Waals surface area contributed by atoms with E-state index in [9.17, 15) is 9.90 Å². The number of aromatic carboxylic acids is 1. The van der Waals surface area contributed by atoms with Crippen LogP contribution in [0.3, 0.4) is 0 Å². The van der Waals surface area contributed by atoms with E-state index in [1.54, 1.807) is 12.1 Å². The Morgan fingerprint density at radius 1 is 0.818 bits per heavy atom. The van der Waals surface area contributed by atoms with Gasteiger partial charge in [0, 0.05) is 12.1 Å². The van der Waals surface area contributed by atoms with Crippen molar-refractivity contribution in [3.05, 3.63) is 107 Å². The molecular weight excluding hydrogens is 410 g/mol. The lowest BCUT2D eigenvalue weighted by Crippen LogP contribution is -2.55. The van der Waals surface area contributed by atoms with Crippen LogP contribution in [0.25, 0.3) is 0 Å². The van der Waals surface area contributed by atoms with Crippen LogP contribution in [0.1, 0.15) is 61.2 Å². The molecule has 0 spiro atoms. The molecule has 0 saturated carbocycles. The maximum Gasteiger partial charge on any atom is 0.335 e. The quantitative estimate of drug-likeness (QED) is 0.342. The van der Waals surface area contributed by atoms with Gasteiger partial charge in [0.25, 0.3) is 0 Å². The summed E-state index contributed by atoms with van der Waals surface area (Å²) in [6.45, 7) is 9.22. The molecule has 4 heteroatoms. The summed E-state index contributed by atoms with van der Waals surface area (Å²) >= 11 is 0. The first-order valence-corrected chi connectivity index (χ1v) is 11.7. The van der Waals surface area contributed by atoms with Crippen molar-refractivity contribution in [1.29, 1.82) is 0 Å². The van der Waals surface area contributed by atoms with Gasteiger partial charge in [-0.15, -0.1) is 0 Å². The van der Waals surface area contributed by atoms with Gasteiger partial charge in [-0.1, -0.05) is 72.8 Å². The highest BCUT2D eigenvalue weighted by molar-refractivity contribution is 5.87. The molecule has 0 bridgehead atoms. The number of nitrogens with zero attached hydrogens (tertiary/aromatic N) is 1. The molecular formula is C29H35NO3. The minimum Gasteiger partial charge on any atom is -0.478 e. The summed E-state index contributed by atoms with van der Waals surface area (Å²) in [6, 6.07) is 28.3. The highest BCUT2D eigenvalue weighted by atomic mass is 16.5. The van der Waals surface area contributed by atoms with E-state index in [0.717, 1.165) is 24.0 Å². The van der Waals surface area contributed by atoms with Crippen LogP contribution < -0.4 is 0 Å². The third-order valence-corrected chi connectivity index (χ3v) is 6.03. The number of ether oxygens (including phenoxy) is 1. The zero-order valence-corrected chi connectivity index (χ0v) is 20.1. The average molecular weight is 446 g/mol. The standard InChI is InChI=1S/C29H35NO3/c1-22(2)30(23(3)4)29(20-19-24-11-7-5-8-12-24,33-21-25-13-9-6-10-14-25)27-17-15-26(16-18-27)28(31)32/h5-18,22-23H,19-21H2,1-4H3,(H,31,32). The van der Waals surface area contributed by atoms with E-state index in [-0.39, 0.29) is 17.6 Å². The first-order chi connectivity index (χ1) is 15.8. The van der Waals surface area contributed by atoms with Crippen molar-refractivity contribution in [2.24, 2.45) is 0 Å². The summed E-state index contributed by atoms with van der Waals surface area (Å²) in [7, 11) is 0. The van der Waals surface area contributed by atoms with E-state index >= 15 is 0 Å². The lowest BCUT2D eigenvalue weighted by molar-refractivity contribution is -0.200. The molecule has 0 aliphatic rings. The largest absolute Gasteiger partial charge is 0.478 e. The van der Waals surface area contributed by atoms with Crippen LogP contribution >= 0.6 is 0 Å². The van der Waals surface area contributed by atoms with Gasteiger partial charge in [-0.2, -0.15) is 0 Å². The minimum absolute atomic E-state index is 0.218. The molecule has 4 nitrogen and oxygen atoms in total. The summed E-state index contributed by atoms with van der Waals surface area (Å²) in [6.07, 6.45) is 1.58. The normalized spacial score (nSPS) is 13.4. The fourth-order valence-corrected chi connectivity index (χ4v) is 4.69. The maximum atomic E-state index is 11.5. The molecule has 0 fully saturated rings. The Morgan fingerprint density at radius 3 is 1.82 bits per heavy atom. The van der Waals surface area contributed by atoms with Crippen LogP contribution in [-0.4, -0.2) is 28.1 Å². The summed E-state index contributed by atoms with van der Waals surface area (Å²) in [5.41, 5.74) is 2.89. The van der Waals surface area contributed by atoms with Crippen LogP contribution in [0.5, 0.6) is 0 Å². The Balaban J connectivity index is 2.09. The van der Waals surface area contributed by atoms with Crippen LogP contribution in [0, 0.1) is 0 Å². The molecule has 0 heterocycles. The van der Waals surface area contributed by atoms with Gasteiger partial charge in [-0.25, -0.2) is 4.79 Å². The van der Waals surface area contributed by atoms with Crippen molar-refractivity contribution in [3.63, 3.8) is 0 Å². The number of benzene rings is 3. The number of hydrogen-bond acceptors (Lipinski definition) is 3. The van der Waals surface area contributed by atoms with Gasteiger partial charge >= 0.3 is 5.97 Å². The highest BCUT2D eigenvalue weighted by Gasteiger charge is 2.42. The summed E-state index contributed by atoms with van der Waals surface area (Å²) in [5, 5.41) is 9.43. The first kappa shape index (κ1) is 24.7. The van der Waals surface area contributed by atoms with Gasteiger partial charge in [-0.05, 0) is 69.4 Å². The van der Waals surface area contributed by atoms with Crippen molar-refractivity contribution >= 4 is 5.97 Å². The van der Waals surface area contributed by atoms with Gasteiger partial charge in [0.15, 0.2) is 0 Å². The number of carboxylic acid groups (broad SMARTS) is 1. The van der Waals surface area contributed by atoms with Gasteiger partial charge in [0.1, 0.15) is 5.72 Å². The SMILES string of the molecule is CC(C)N(C(C)C)C(CCc1ccccc1)(OCc1ccccc1)c1ccc(C(=O)O)cc1. The Hall–Kier alpha value is -2.95. The maximum absolute atomic E-state index is 11.5. The molecule has 33 heavy (non-hydrogen) atoms. The van der Waals surface area contributed by atoms with Crippen LogP contribution in [0.15, 0.2) is 84.9 Å². The molecule has 3 rings (SSSR count). The predicted molar refractivity (Wildman–Crippen MR) is 133 cm³/mol. The second kappa shape index (κ2) is 11.3. The van der Waals surface area contributed by atoms with Crippen molar-refractivity contribution in [1.82, 2.24) is 4.90 Å². The number of aryl methyl sites for hydroxylation is 1. The molecule has 0 aromatic heterocycles. The summed E-state index contributed by atoms with van der Waals surface area (Å²) in [4.78, 5) is 13.9. The fraction of sp³-hybridized carbons (Fsp3) is 0.345. The molecule has 1 unspecified atom stereocenters. The van der Waals surface area contributed by atoms with Gasteiger partial charge in [0.2, 0.25) is 0 Å². The van der Waals surface area contributed by atoms with Crippen molar-refractivity contribution in [2.75, 3.05) is 0 Å². The Labute approximate surface area is 197 Å². The topological polar surface area (TPSA) is 49.8 Å². The number of hydrogen-bond donors (Lipinski definition) is 1.